The number of hydrogen-bond donors (Lipinski definition) is 0. The third-order valence-electron chi connectivity index (χ3n) is 8.13. The van der Waals surface area contributed by atoms with Gasteiger partial charge in [0.25, 0.3) is 0 Å². The molecule has 3 aliphatic rings. The zero-order valence-electron chi connectivity index (χ0n) is 20.4. The zero-order chi connectivity index (χ0) is 21.7. The van der Waals surface area contributed by atoms with Gasteiger partial charge in [0.15, 0.2) is 0 Å². The van der Waals surface area contributed by atoms with E-state index in [1.807, 2.05) is 0 Å². The van der Waals surface area contributed by atoms with Crippen molar-refractivity contribution in [2.45, 2.75) is 92.9 Å². The smallest absolute Gasteiger partial charge is 0.00404 e. The van der Waals surface area contributed by atoms with Gasteiger partial charge in [0.1, 0.15) is 0 Å². The molecule has 164 valence electrons. The van der Waals surface area contributed by atoms with E-state index in [0.717, 1.165) is 11.8 Å². The average molecular weight is 405 g/mol. The van der Waals surface area contributed by atoms with Crippen molar-refractivity contribution in [1.29, 1.82) is 0 Å². The fraction of sp³-hybridized carbons (Fsp3) is 0.600. The van der Waals surface area contributed by atoms with Crippen LogP contribution in [0.1, 0.15) is 92.9 Å². The van der Waals surface area contributed by atoms with Crippen molar-refractivity contribution in [3.05, 3.63) is 70.4 Å². The summed E-state index contributed by atoms with van der Waals surface area (Å²) in [6.45, 7) is 14.1. The van der Waals surface area contributed by atoms with E-state index >= 15 is 0 Å². The third-order valence-corrected chi connectivity index (χ3v) is 8.13. The number of hydrogen-bond acceptors (Lipinski definition) is 0. The van der Waals surface area contributed by atoms with E-state index in [1.165, 1.54) is 51.4 Å². The van der Waals surface area contributed by atoms with E-state index < -0.39 is 0 Å². The van der Waals surface area contributed by atoms with Gasteiger partial charge in [-0.3, -0.25) is 0 Å². The highest BCUT2D eigenvalue weighted by atomic mass is 14.4. The summed E-state index contributed by atoms with van der Waals surface area (Å²) < 4.78 is 0. The molecular weight excluding hydrogens is 360 g/mol. The molecule has 0 nitrogen and oxygen atoms in total. The Morgan fingerprint density at radius 1 is 0.867 bits per heavy atom. The first-order valence-electron chi connectivity index (χ1n) is 12.3. The quantitative estimate of drug-likeness (QED) is 0.316. The molecule has 0 aromatic heterocycles. The largest absolute Gasteiger partial charge is 0.0850 e. The van der Waals surface area contributed by atoms with Crippen molar-refractivity contribution in [2.24, 2.45) is 23.2 Å². The molecule has 30 heavy (non-hydrogen) atoms. The lowest BCUT2D eigenvalue weighted by Crippen LogP contribution is -2.26. The van der Waals surface area contributed by atoms with Gasteiger partial charge in [-0.25, -0.2) is 0 Å². The zero-order valence-corrected chi connectivity index (χ0v) is 20.4. The summed E-state index contributed by atoms with van der Waals surface area (Å²) >= 11 is 0. The predicted octanol–water partition coefficient (Wildman–Crippen LogP) is 9.29. The maximum absolute atomic E-state index is 2.61. The second kappa shape index (κ2) is 10.2. The number of rotatable bonds is 5. The summed E-state index contributed by atoms with van der Waals surface area (Å²) in [6.07, 6.45) is 27.5. The Morgan fingerprint density at radius 2 is 1.47 bits per heavy atom. The van der Waals surface area contributed by atoms with Crippen molar-refractivity contribution in [3.63, 3.8) is 0 Å². The molecule has 0 spiro atoms. The molecule has 0 heteroatoms. The van der Waals surface area contributed by atoms with Crippen LogP contribution >= 0.6 is 0 Å². The summed E-state index contributed by atoms with van der Waals surface area (Å²) in [5.41, 5.74) is 8.08. The Balaban J connectivity index is 1.73. The van der Waals surface area contributed by atoms with Crippen molar-refractivity contribution >= 4 is 0 Å². The van der Waals surface area contributed by atoms with E-state index in [2.05, 4.69) is 84.1 Å². The summed E-state index contributed by atoms with van der Waals surface area (Å²) in [7, 11) is 0. The van der Waals surface area contributed by atoms with Gasteiger partial charge >= 0.3 is 0 Å². The second-order valence-corrected chi connectivity index (χ2v) is 10.8. The van der Waals surface area contributed by atoms with Gasteiger partial charge in [-0.1, -0.05) is 77.3 Å². The average Bonchev–Trinajstić information content (AvgIpc) is 2.72. The summed E-state index contributed by atoms with van der Waals surface area (Å²) in [5, 5.41) is 0. The van der Waals surface area contributed by atoms with Gasteiger partial charge in [0.05, 0.1) is 0 Å². The first-order valence-corrected chi connectivity index (χ1v) is 12.3. The van der Waals surface area contributed by atoms with Crippen LogP contribution in [0.4, 0.5) is 0 Å². The van der Waals surface area contributed by atoms with Crippen LogP contribution in [-0.2, 0) is 0 Å². The fourth-order valence-electron chi connectivity index (χ4n) is 5.38. The van der Waals surface area contributed by atoms with E-state index in [-0.39, 0.29) is 5.41 Å². The van der Waals surface area contributed by atoms with Gasteiger partial charge in [0, 0.05) is 5.92 Å². The lowest BCUT2D eigenvalue weighted by Gasteiger charge is -2.37. The van der Waals surface area contributed by atoms with Crippen LogP contribution in [0.15, 0.2) is 70.4 Å². The molecule has 3 rings (SSSR count). The Labute approximate surface area is 186 Å². The van der Waals surface area contributed by atoms with Gasteiger partial charge in [-0.05, 0) is 103 Å². The topological polar surface area (TPSA) is 0 Å². The Hall–Kier alpha value is -1.56. The molecule has 3 aliphatic carbocycles. The maximum atomic E-state index is 2.61. The first kappa shape index (κ1) is 23.1. The van der Waals surface area contributed by atoms with Gasteiger partial charge in [-0.2, -0.15) is 0 Å². The van der Waals surface area contributed by atoms with Crippen molar-refractivity contribution < 1.29 is 0 Å². The second-order valence-electron chi connectivity index (χ2n) is 10.8. The molecule has 0 bridgehead atoms. The van der Waals surface area contributed by atoms with Gasteiger partial charge in [-0.15, -0.1) is 0 Å². The lowest BCUT2D eigenvalue weighted by atomic mass is 9.67. The van der Waals surface area contributed by atoms with E-state index in [0.29, 0.717) is 5.92 Å². The molecule has 0 saturated carbocycles. The fourth-order valence-corrected chi connectivity index (χ4v) is 5.38. The summed E-state index contributed by atoms with van der Waals surface area (Å²) in [5.74, 6) is 1.99. The Morgan fingerprint density at radius 3 is 2.03 bits per heavy atom. The minimum Gasteiger partial charge on any atom is -0.0850 e. The lowest BCUT2D eigenvalue weighted by molar-refractivity contribution is 0.309. The van der Waals surface area contributed by atoms with Crippen LogP contribution in [-0.4, -0.2) is 0 Å². The third kappa shape index (κ3) is 5.99. The molecule has 0 aliphatic heterocycles. The molecule has 4 atom stereocenters. The van der Waals surface area contributed by atoms with Crippen LogP contribution in [0.5, 0.6) is 0 Å². The highest BCUT2D eigenvalue weighted by Gasteiger charge is 2.32. The molecule has 0 fully saturated rings. The molecule has 0 heterocycles. The molecular formula is C30H44. The minimum absolute atomic E-state index is 0.223. The van der Waals surface area contributed by atoms with Crippen LogP contribution in [0.25, 0.3) is 0 Å². The van der Waals surface area contributed by atoms with Crippen molar-refractivity contribution in [1.82, 2.24) is 0 Å². The standard InChI is InChI=1S/C30H44/c1-22-9-13-27(14-10-22)25(4)8-7-18-30(6)19-17-24(3)20-29(30)21-26(5)28-15-11-23(2)12-16-28/h7-9,11,18,20-21,27-29H,10,12-17,19H2,1-6H3/b18-7+,25-8+,26-21+/t27-,28-,29-,30+/m0/s1. The molecule has 0 amide bonds. The molecule has 0 aromatic rings. The van der Waals surface area contributed by atoms with E-state index in [9.17, 15) is 0 Å². The molecule has 0 saturated heterocycles. The molecule has 0 N–H and O–H groups in total. The Kier molecular flexibility index (Phi) is 7.83. The summed E-state index contributed by atoms with van der Waals surface area (Å²) in [6, 6.07) is 0. The molecule has 0 aromatic carbocycles. The minimum atomic E-state index is 0.223. The molecule has 0 radical (unpaired) electrons. The normalized spacial score (nSPS) is 33.9. The molecule has 0 unspecified atom stereocenters. The van der Waals surface area contributed by atoms with Gasteiger partial charge in [0.2, 0.25) is 0 Å². The highest BCUT2D eigenvalue weighted by molar-refractivity contribution is 5.27. The van der Waals surface area contributed by atoms with Crippen molar-refractivity contribution in [3.8, 4) is 0 Å². The van der Waals surface area contributed by atoms with Crippen molar-refractivity contribution in [2.75, 3.05) is 0 Å². The van der Waals surface area contributed by atoms with Crippen LogP contribution in [0, 0.1) is 23.2 Å². The predicted molar refractivity (Wildman–Crippen MR) is 133 cm³/mol. The van der Waals surface area contributed by atoms with Crippen LogP contribution < -0.4 is 0 Å². The van der Waals surface area contributed by atoms with Crippen LogP contribution in [0.2, 0.25) is 0 Å². The van der Waals surface area contributed by atoms with E-state index in [1.54, 1.807) is 27.9 Å². The van der Waals surface area contributed by atoms with E-state index in [4.69, 9.17) is 0 Å². The first-order chi connectivity index (χ1) is 14.3. The van der Waals surface area contributed by atoms with Crippen LogP contribution in [0.3, 0.4) is 0 Å². The number of allylic oxidation sites excluding steroid dienone is 12. The monoisotopic (exact) mass is 404 g/mol. The summed E-state index contributed by atoms with van der Waals surface area (Å²) in [4.78, 5) is 0. The van der Waals surface area contributed by atoms with Gasteiger partial charge < -0.3 is 0 Å². The SMILES string of the molecule is CC1=CC[C@H](/C(C)=C/C=C/[C@]2(C)CCC(C)=C[C@H]2/C=C(\C)[C@H]2CC=C(C)CC2)CC1. The Bertz CT molecular complexity index is 794. The highest BCUT2D eigenvalue weighted by Crippen LogP contribution is 2.43. The maximum Gasteiger partial charge on any atom is 0.00404 e.